The van der Waals surface area contributed by atoms with E-state index in [1.54, 1.807) is 0 Å². The molecule has 0 atom stereocenters. The Morgan fingerprint density at radius 2 is 1.88 bits per heavy atom. The molecule has 9 heteroatoms. The number of urea groups is 1. The summed E-state index contributed by atoms with van der Waals surface area (Å²) in [5, 5.41) is 15.0. The van der Waals surface area contributed by atoms with Gasteiger partial charge in [0, 0.05) is 12.6 Å². The summed E-state index contributed by atoms with van der Waals surface area (Å²) in [6.07, 6.45) is 0. The van der Waals surface area contributed by atoms with Crippen LogP contribution < -0.4 is 15.4 Å². The van der Waals surface area contributed by atoms with Crippen molar-refractivity contribution < 1.29 is 23.6 Å². The summed E-state index contributed by atoms with van der Waals surface area (Å²) in [6, 6.07) is 11.1. The summed E-state index contributed by atoms with van der Waals surface area (Å²) in [7, 11) is 0. The molecular weight excluding hydrogens is 333 g/mol. The van der Waals surface area contributed by atoms with E-state index >= 15 is 0 Å². The van der Waals surface area contributed by atoms with Crippen LogP contribution >= 0.6 is 0 Å². The van der Waals surface area contributed by atoms with Crippen molar-refractivity contribution in [1.29, 1.82) is 0 Å². The van der Waals surface area contributed by atoms with Crippen molar-refractivity contribution in [3.8, 4) is 5.75 Å². The molecule has 25 heavy (non-hydrogen) atoms. The molecule has 130 valence electrons. The molecule has 0 aliphatic carbocycles. The quantitative estimate of drug-likeness (QED) is 0.614. The Bertz CT molecular complexity index is 783. The molecule has 0 heterocycles. The summed E-state index contributed by atoms with van der Waals surface area (Å²) >= 11 is 0. The van der Waals surface area contributed by atoms with Gasteiger partial charge >= 0.3 is 6.03 Å². The lowest BCUT2D eigenvalue weighted by Crippen LogP contribution is -2.41. The number of carbonyl (C=O) groups is 2. The van der Waals surface area contributed by atoms with Gasteiger partial charge in [-0.3, -0.25) is 20.2 Å². The van der Waals surface area contributed by atoms with E-state index in [0.717, 1.165) is 17.7 Å². The lowest BCUT2D eigenvalue weighted by molar-refractivity contribution is -0.385. The second kappa shape index (κ2) is 8.39. The molecule has 2 N–H and O–H groups in total. The van der Waals surface area contributed by atoms with Gasteiger partial charge in [-0.2, -0.15) is 0 Å². The Morgan fingerprint density at radius 3 is 2.52 bits per heavy atom. The van der Waals surface area contributed by atoms with Crippen LogP contribution in [0.15, 0.2) is 48.5 Å². The van der Waals surface area contributed by atoms with E-state index in [0.29, 0.717) is 6.07 Å². The molecule has 0 saturated carbocycles. The molecule has 0 unspecified atom stereocenters. The third kappa shape index (κ3) is 5.57. The van der Waals surface area contributed by atoms with Gasteiger partial charge in [0.05, 0.1) is 11.0 Å². The number of nitro groups is 1. The number of carbonyl (C=O) groups excluding carboxylic acids is 2. The van der Waals surface area contributed by atoms with Gasteiger partial charge in [0.1, 0.15) is 0 Å². The number of hydrogen-bond donors (Lipinski definition) is 2. The number of non-ortho nitro benzene ring substituents is 1. The zero-order valence-corrected chi connectivity index (χ0v) is 12.9. The van der Waals surface area contributed by atoms with E-state index in [1.165, 1.54) is 0 Å². The summed E-state index contributed by atoms with van der Waals surface area (Å²) in [5.41, 5.74) is 0.420. The minimum atomic E-state index is -0.976. The van der Waals surface area contributed by atoms with E-state index in [1.807, 2.05) is 35.6 Å². The van der Waals surface area contributed by atoms with Crippen molar-refractivity contribution in [3.05, 3.63) is 70.0 Å². The van der Waals surface area contributed by atoms with Crippen LogP contribution in [0, 0.1) is 15.9 Å². The SMILES string of the molecule is O=C(COc1ccc([N+](=O)[O-])cc1F)NC(=O)NCc1ccccc1. The van der Waals surface area contributed by atoms with Gasteiger partial charge < -0.3 is 10.1 Å². The number of ether oxygens (including phenoxy) is 1. The van der Waals surface area contributed by atoms with Crippen LogP contribution in [0.1, 0.15) is 5.56 Å². The Hall–Kier alpha value is -3.49. The number of rotatable bonds is 6. The number of imide groups is 1. The first-order valence-corrected chi connectivity index (χ1v) is 7.14. The fraction of sp³-hybridized carbons (Fsp3) is 0.125. The second-order valence-corrected chi connectivity index (χ2v) is 4.88. The van der Waals surface area contributed by atoms with Crippen LogP contribution in [-0.4, -0.2) is 23.5 Å². The van der Waals surface area contributed by atoms with Gasteiger partial charge in [0.15, 0.2) is 18.2 Å². The average molecular weight is 347 g/mol. The van der Waals surface area contributed by atoms with Gasteiger partial charge in [0.2, 0.25) is 0 Å². The summed E-state index contributed by atoms with van der Waals surface area (Å²) in [5.74, 6) is -2.09. The molecule has 0 radical (unpaired) electrons. The first kappa shape index (κ1) is 17.9. The summed E-state index contributed by atoms with van der Waals surface area (Å²) in [4.78, 5) is 32.9. The van der Waals surface area contributed by atoms with E-state index in [-0.39, 0.29) is 12.3 Å². The lowest BCUT2D eigenvalue weighted by Gasteiger charge is -2.08. The molecule has 0 aliphatic rings. The molecule has 0 bridgehead atoms. The van der Waals surface area contributed by atoms with Crippen LogP contribution in [0.25, 0.3) is 0 Å². The molecule has 0 spiro atoms. The predicted molar refractivity (Wildman–Crippen MR) is 85.4 cm³/mol. The number of amides is 3. The molecule has 0 saturated heterocycles. The van der Waals surface area contributed by atoms with Crippen molar-refractivity contribution >= 4 is 17.6 Å². The minimum Gasteiger partial charge on any atom is -0.481 e. The standard InChI is InChI=1S/C16H14FN3O5/c17-13-8-12(20(23)24)6-7-14(13)25-10-15(21)19-16(22)18-9-11-4-2-1-3-5-11/h1-8H,9-10H2,(H2,18,19,21,22). The van der Waals surface area contributed by atoms with Crippen LogP contribution in [0.2, 0.25) is 0 Å². The van der Waals surface area contributed by atoms with Gasteiger partial charge in [-0.05, 0) is 11.6 Å². The number of nitro benzene ring substituents is 1. The molecule has 8 nitrogen and oxygen atoms in total. The van der Waals surface area contributed by atoms with Crippen LogP contribution in [0.4, 0.5) is 14.9 Å². The fourth-order valence-electron chi connectivity index (χ4n) is 1.85. The molecule has 0 aliphatic heterocycles. The lowest BCUT2D eigenvalue weighted by atomic mass is 10.2. The zero-order chi connectivity index (χ0) is 18.2. The van der Waals surface area contributed by atoms with Crippen molar-refractivity contribution in [1.82, 2.24) is 10.6 Å². The molecule has 2 aromatic carbocycles. The monoisotopic (exact) mass is 347 g/mol. The highest BCUT2D eigenvalue weighted by atomic mass is 19.1. The number of nitrogens with zero attached hydrogens (tertiary/aromatic N) is 1. The highest BCUT2D eigenvalue weighted by molar-refractivity contribution is 5.94. The molecule has 0 fully saturated rings. The Kier molecular flexibility index (Phi) is 5.99. The van der Waals surface area contributed by atoms with Gasteiger partial charge in [-0.1, -0.05) is 30.3 Å². The van der Waals surface area contributed by atoms with Gasteiger partial charge in [0.25, 0.3) is 11.6 Å². The van der Waals surface area contributed by atoms with Gasteiger partial charge in [-0.15, -0.1) is 0 Å². The van der Waals surface area contributed by atoms with E-state index in [4.69, 9.17) is 4.74 Å². The Labute approximate surface area is 141 Å². The number of nitrogens with one attached hydrogen (secondary N) is 2. The number of hydrogen-bond acceptors (Lipinski definition) is 5. The Morgan fingerprint density at radius 1 is 1.16 bits per heavy atom. The molecule has 0 aromatic heterocycles. The van der Waals surface area contributed by atoms with Crippen LogP contribution in [0.3, 0.4) is 0 Å². The van der Waals surface area contributed by atoms with E-state index < -0.39 is 35.0 Å². The molecule has 2 rings (SSSR count). The third-order valence-corrected chi connectivity index (χ3v) is 3.03. The number of benzene rings is 2. The average Bonchev–Trinajstić information content (AvgIpc) is 2.59. The van der Waals surface area contributed by atoms with Gasteiger partial charge in [-0.25, -0.2) is 9.18 Å². The molecular formula is C16H14FN3O5. The van der Waals surface area contributed by atoms with Crippen molar-refractivity contribution in [2.24, 2.45) is 0 Å². The van der Waals surface area contributed by atoms with Crippen molar-refractivity contribution in [2.45, 2.75) is 6.54 Å². The minimum absolute atomic E-state index is 0.234. The topological polar surface area (TPSA) is 111 Å². The Balaban J connectivity index is 1.78. The normalized spacial score (nSPS) is 9.96. The molecule has 3 amide bonds. The highest BCUT2D eigenvalue weighted by Crippen LogP contribution is 2.22. The fourth-order valence-corrected chi connectivity index (χ4v) is 1.85. The highest BCUT2D eigenvalue weighted by Gasteiger charge is 2.14. The van der Waals surface area contributed by atoms with E-state index in [9.17, 15) is 24.1 Å². The zero-order valence-electron chi connectivity index (χ0n) is 12.9. The second-order valence-electron chi connectivity index (χ2n) is 4.88. The predicted octanol–water partition coefficient (Wildman–Crippen LogP) is 2.14. The summed E-state index contributed by atoms with van der Waals surface area (Å²) in [6.45, 7) is -0.384. The first-order valence-electron chi connectivity index (χ1n) is 7.14. The largest absolute Gasteiger partial charge is 0.481 e. The maximum atomic E-state index is 13.6. The van der Waals surface area contributed by atoms with Crippen LogP contribution in [-0.2, 0) is 11.3 Å². The third-order valence-electron chi connectivity index (χ3n) is 3.03. The van der Waals surface area contributed by atoms with Crippen LogP contribution in [0.5, 0.6) is 5.75 Å². The maximum Gasteiger partial charge on any atom is 0.321 e. The summed E-state index contributed by atoms with van der Waals surface area (Å²) < 4.78 is 18.5. The smallest absolute Gasteiger partial charge is 0.321 e. The molecule has 2 aromatic rings. The van der Waals surface area contributed by atoms with Crippen molar-refractivity contribution in [3.63, 3.8) is 0 Å². The van der Waals surface area contributed by atoms with E-state index in [2.05, 4.69) is 5.32 Å². The first-order chi connectivity index (χ1) is 12.0. The van der Waals surface area contributed by atoms with Crippen molar-refractivity contribution in [2.75, 3.05) is 6.61 Å². The number of halogens is 1. The maximum absolute atomic E-state index is 13.6.